The van der Waals surface area contributed by atoms with Crippen LogP contribution in [0.15, 0.2) is 65.4 Å². The number of pyridine rings is 1. The standard InChI is InChI=1S/C19H18N4O3/c1-13(24)22-14-4-6-15(7-5-14)23-16-8-9-20-18(11-16)19(25)21-12-17-3-2-10-26-17/h2-11H,12H2,1H3,(H,20,23)(H,21,25)(H,22,24). The maximum Gasteiger partial charge on any atom is 0.270 e. The van der Waals surface area contributed by atoms with Gasteiger partial charge in [-0.25, -0.2) is 0 Å². The summed E-state index contributed by atoms with van der Waals surface area (Å²) in [6.45, 7) is 1.76. The summed E-state index contributed by atoms with van der Waals surface area (Å²) in [5, 5.41) is 8.66. The van der Waals surface area contributed by atoms with Gasteiger partial charge in [-0.05, 0) is 48.5 Å². The van der Waals surface area contributed by atoms with Crippen molar-refractivity contribution in [2.24, 2.45) is 0 Å². The van der Waals surface area contributed by atoms with Gasteiger partial charge < -0.3 is 20.4 Å². The van der Waals surface area contributed by atoms with Crippen LogP contribution in [0.1, 0.15) is 23.2 Å². The van der Waals surface area contributed by atoms with Crippen LogP contribution in [0, 0.1) is 0 Å². The molecule has 0 unspecified atom stereocenters. The van der Waals surface area contributed by atoms with Gasteiger partial charge >= 0.3 is 0 Å². The highest BCUT2D eigenvalue weighted by Gasteiger charge is 2.09. The summed E-state index contributed by atoms with van der Waals surface area (Å²) in [6, 6.07) is 14.2. The first-order chi connectivity index (χ1) is 12.6. The summed E-state index contributed by atoms with van der Waals surface area (Å²) < 4.78 is 5.18. The Kier molecular flexibility index (Phi) is 5.28. The molecule has 0 aliphatic heterocycles. The molecule has 26 heavy (non-hydrogen) atoms. The minimum absolute atomic E-state index is 0.120. The van der Waals surface area contributed by atoms with Crippen molar-refractivity contribution in [2.45, 2.75) is 13.5 Å². The Morgan fingerprint density at radius 3 is 2.50 bits per heavy atom. The number of amides is 2. The lowest BCUT2D eigenvalue weighted by Crippen LogP contribution is -2.23. The van der Waals surface area contributed by atoms with Crippen molar-refractivity contribution in [1.82, 2.24) is 10.3 Å². The van der Waals surface area contributed by atoms with Gasteiger partial charge in [-0.1, -0.05) is 0 Å². The highest BCUT2D eigenvalue weighted by Crippen LogP contribution is 2.19. The fourth-order valence-corrected chi connectivity index (χ4v) is 2.31. The fraction of sp³-hybridized carbons (Fsp3) is 0.105. The molecule has 2 aromatic heterocycles. The Balaban J connectivity index is 1.63. The first-order valence-corrected chi connectivity index (χ1v) is 8.01. The van der Waals surface area contributed by atoms with Gasteiger partial charge in [0.25, 0.3) is 5.91 Å². The zero-order valence-electron chi connectivity index (χ0n) is 14.2. The molecule has 0 saturated carbocycles. The minimum atomic E-state index is -0.286. The molecule has 7 nitrogen and oxygen atoms in total. The molecule has 0 bridgehead atoms. The molecule has 0 atom stereocenters. The Bertz CT molecular complexity index is 889. The van der Waals surface area contributed by atoms with E-state index in [1.54, 1.807) is 48.9 Å². The van der Waals surface area contributed by atoms with E-state index < -0.39 is 0 Å². The Hall–Kier alpha value is -3.61. The Morgan fingerprint density at radius 2 is 1.81 bits per heavy atom. The minimum Gasteiger partial charge on any atom is -0.467 e. The zero-order chi connectivity index (χ0) is 18.4. The molecule has 0 aliphatic carbocycles. The summed E-state index contributed by atoms with van der Waals surface area (Å²) >= 11 is 0. The van der Waals surface area contributed by atoms with Crippen LogP contribution in [0.25, 0.3) is 0 Å². The van der Waals surface area contributed by atoms with Crippen molar-refractivity contribution in [3.05, 3.63) is 72.4 Å². The van der Waals surface area contributed by atoms with Crippen molar-refractivity contribution in [2.75, 3.05) is 10.6 Å². The second kappa shape index (κ2) is 7.98. The van der Waals surface area contributed by atoms with E-state index in [-0.39, 0.29) is 11.8 Å². The van der Waals surface area contributed by atoms with E-state index in [9.17, 15) is 9.59 Å². The van der Waals surface area contributed by atoms with Crippen LogP contribution in [0.4, 0.5) is 17.1 Å². The van der Waals surface area contributed by atoms with Crippen LogP contribution >= 0.6 is 0 Å². The average Bonchev–Trinajstić information content (AvgIpc) is 3.15. The highest BCUT2D eigenvalue weighted by molar-refractivity contribution is 5.93. The third kappa shape index (κ3) is 4.70. The molecule has 0 aliphatic rings. The molecule has 0 radical (unpaired) electrons. The number of anilines is 3. The van der Waals surface area contributed by atoms with Crippen molar-refractivity contribution >= 4 is 28.9 Å². The van der Waals surface area contributed by atoms with E-state index in [1.807, 2.05) is 12.1 Å². The van der Waals surface area contributed by atoms with E-state index >= 15 is 0 Å². The predicted octanol–water partition coefficient (Wildman–Crippen LogP) is 3.31. The van der Waals surface area contributed by atoms with Gasteiger partial charge in [0, 0.05) is 30.2 Å². The van der Waals surface area contributed by atoms with Gasteiger partial charge in [0.1, 0.15) is 11.5 Å². The topological polar surface area (TPSA) is 96.3 Å². The van der Waals surface area contributed by atoms with Crippen molar-refractivity contribution < 1.29 is 14.0 Å². The van der Waals surface area contributed by atoms with Gasteiger partial charge in [0.05, 0.1) is 12.8 Å². The van der Waals surface area contributed by atoms with Gasteiger partial charge in [0.2, 0.25) is 5.91 Å². The van der Waals surface area contributed by atoms with Crippen molar-refractivity contribution in [3.8, 4) is 0 Å². The van der Waals surface area contributed by atoms with E-state index in [4.69, 9.17) is 4.42 Å². The number of carbonyl (C=O) groups is 2. The first kappa shape index (κ1) is 17.2. The number of rotatable bonds is 6. The quantitative estimate of drug-likeness (QED) is 0.634. The SMILES string of the molecule is CC(=O)Nc1ccc(Nc2ccnc(C(=O)NCc3ccco3)c2)cc1. The molecule has 2 heterocycles. The molecule has 0 fully saturated rings. The number of nitrogens with one attached hydrogen (secondary N) is 3. The van der Waals surface area contributed by atoms with Gasteiger partial charge in [-0.3, -0.25) is 14.6 Å². The molecule has 0 spiro atoms. The number of hydrogen-bond donors (Lipinski definition) is 3. The number of hydrogen-bond acceptors (Lipinski definition) is 5. The maximum absolute atomic E-state index is 12.2. The Morgan fingerprint density at radius 1 is 1.04 bits per heavy atom. The number of furan rings is 1. The third-order valence-corrected chi connectivity index (χ3v) is 3.49. The van der Waals surface area contributed by atoms with Crippen LogP contribution in [-0.2, 0) is 11.3 Å². The summed E-state index contributed by atoms with van der Waals surface area (Å²) in [5.41, 5.74) is 2.58. The zero-order valence-corrected chi connectivity index (χ0v) is 14.2. The largest absolute Gasteiger partial charge is 0.467 e. The summed E-state index contributed by atoms with van der Waals surface area (Å²) in [5.74, 6) is 0.267. The second-order valence-electron chi connectivity index (χ2n) is 5.58. The van der Waals surface area contributed by atoms with Gasteiger partial charge in [0.15, 0.2) is 0 Å². The molecule has 2 amide bonds. The fourth-order valence-electron chi connectivity index (χ4n) is 2.31. The monoisotopic (exact) mass is 350 g/mol. The van der Waals surface area contributed by atoms with Crippen LogP contribution < -0.4 is 16.0 Å². The maximum atomic E-state index is 12.2. The smallest absolute Gasteiger partial charge is 0.270 e. The molecule has 3 N–H and O–H groups in total. The molecule has 3 rings (SSSR count). The van der Waals surface area contributed by atoms with E-state index in [0.717, 1.165) is 17.1 Å². The summed E-state index contributed by atoms with van der Waals surface area (Å²) in [7, 11) is 0. The van der Waals surface area contributed by atoms with Crippen LogP contribution in [-0.4, -0.2) is 16.8 Å². The van der Waals surface area contributed by atoms with Crippen LogP contribution in [0.3, 0.4) is 0 Å². The lowest BCUT2D eigenvalue weighted by molar-refractivity contribution is -0.114. The third-order valence-electron chi connectivity index (χ3n) is 3.49. The number of aromatic nitrogens is 1. The van der Waals surface area contributed by atoms with E-state index in [1.165, 1.54) is 6.92 Å². The van der Waals surface area contributed by atoms with Crippen LogP contribution in [0.5, 0.6) is 0 Å². The first-order valence-electron chi connectivity index (χ1n) is 8.01. The van der Waals surface area contributed by atoms with Crippen molar-refractivity contribution in [1.29, 1.82) is 0 Å². The number of nitrogens with zero attached hydrogens (tertiary/aromatic N) is 1. The molecule has 3 aromatic rings. The van der Waals surface area contributed by atoms with E-state index in [2.05, 4.69) is 20.9 Å². The molecule has 7 heteroatoms. The van der Waals surface area contributed by atoms with Gasteiger partial charge in [-0.15, -0.1) is 0 Å². The van der Waals surface area contributed by atoms with Crippen molar-refractivity contribution in [3.63, 3.8) is 0 Å². The Labute approximate surface area is 150 Å². The summed E-state index contributed by atoms with van der Waals surface area (Å²) in [6.07, 6.45) is 3.12. The predicted molar refractivity (Wildman–Crippen MR) is 98.1 cm³/mol. The lowest BCUT2D eigenvalue weighted by atomic mass is 10.2. The lowest BCUT2D eigenvalue weighted by Gasteiger charge is -2.09. The molecule has 0 saturated heterocycles. The van der Waals surface area contributed by atoms with Crippen LogP contribution in [0.2, 0.25) is 0 Å². The molecular formula is C19H18N4O3. The number of carbonyl (C=O) groups excluding carboxylic acids is 2. The highest BCUT2D eigenvalue weighted by atomic mass is 16.3. The number of benzene rings is 1. The summed E-state index contributed by atoms with van der Waals surface area (Å²) in [4.78, 5) is 27.3. The normalized spacial score (nSPS) is 10.2. The average molecular weight is 350 g/mol. The molecular weight excluding hydrogens is 332 g/mol. The van der Waals surface area contributed by atoms with E-state index in [0.29, 0.717) is 18.0 Å². The molecule has 132 valence electrons. The second-order valence-corrected chi connectivity index (χ2v) is 5.58. The van der Waals surface area contributed by atoms with Gasteiger partial charge in [-0.2, -0.15) is 0 Å². The molecule has 1 aromatic carbocycles.